The minimum absolute atomic E-state index is 0.149. The normalized spacial score (nSPS) is 11.9. The predicted molar refractivity (Wildman–Crippen MR) is 122 cm³/mol. The molecule has 0 aliphatic rings. The van der Waals surface area contributed by atoms with Crippen LogP contribution in [0.3, 0.4) is 0 Å². The van der Waals surface area contributed by atoms with E-state index in [-0.39, 0.29) is 5.91 Å². The van der Waals surface area contributed by atoms with E-state index >= 15 is 0 Å². The lowest BCUT2D eigenvalue weighted by Gasteiger charge is -2.27. The standard InChI is InChI=1S/C24H24Cl2N2O/c1-16-8-11-21(14-17(16)2)28(13-12-18-9-10-20(25)15-22(18)26)24(29)23(27)19-6-4-3-5-7-19/h3-11,14-15,23H,12-13,27H2,1-2H3/t23-/m0/s1. The topological polar surface area (TPSA) is 46.3 Å². The van der Waals surface area contributed by atoms with Gasteiger partial charge in [-0.05, 0) is 66.8 Å². The van der Waals surface area contributed by atoms with E-state index in [9.17, 15) is 4.79 Å². The van der Waals surface area contributed by atoms with Gasteiger partial charge in [-0.1, -0.05) is 65.7 Å². The summed E-state index contributed by atoms with van der Waals surface area (Å²) in [4.78, 5) is 15.1. The molecule has 0 aliphatic carbocycles. The van der Waals surface area contributed by atoms with E-state index < -0.39 is 6.04 Å². The van der Waals surface area contributed by atoms with Gasteiger partial charge in [0.2, 0.25) is 5.91 Å². The SMILES string of the molecule is Cc1ccc(N(CCc2ccc(Cl)cc2Cl)C(=O)[C@@H](N)c2ccccc2)cc1C. The molecule has 29 heavy (non-hydrogen) atoms. The highest BCUT2D eigenvalue weighted by Gasteiger charge is 2.24. The highest BCUT2D eigenvalue weighted by molar-refractivity contribution is 6.35. The van der Waals surface area contributed by atoms with E-state index in [0.29, 0.717) is 23.0 Å². The second kappa shape index (κ2) is 9.45. The van der Waals surface area contributed by atoms with Crippen LogP contribution in [0.15, 0.2) is 66.7 Å². The smallest absolute Gasteiger partial charge is 0.248 e. The quantitative estimate of drug-likeness (QED) is 0.534. The Hall–Kier alpha value is -2.33. The predicted octanol–water partition coefficient (Wildman–Crippen LogP) is 5.89. The average Bonchev–Trinajstić information content (AvgIpc) is 2.72. The number of carbonyl (C=O) groups excluding carboxylic acids is 1. The van der Waals surface area contributed by atoms with Gasteiger partial charge < -0.3 is 10.6 Å². The van der Waals surface area contributed by atoms with E-state index in [2.05, 4.69) is 6.92 Å². The fraction of sp³-hybridized carbons (Fsp3) is 0.208. The van der Waals surface area contributed by atoms with E-state index in [1.807, 2.05) is 61.5 Å². The molecule has 0 spiro atoms. The molecule has 0 bridgehead atoms. The number of anilines is 1. The molecule has 3 rings (SSSR count). The van der Waals surface area contributed by atoms with Gasteiger partial charge in [0.15, 0.2) is 0 Å². The fourth-order valence-electron chi connectivity index (χ4n) is 3.19. The van der Waals surface area contributed by atoms with Crippen LogP contribution in [-0.2, 0) is 11.2 Å². The van der Waals surface area contributed by atoms with E-state index in [1.54, 1.807) is 17.0 Å². The first-order valence-corrected chi connectivity index (χ1v) is 10.3. The Balaban J connectivity index is 1.90. The summed E-state index contributed by atoms with van der Waals surface area (Å²) in [7, 11) is 0. The molecule has 5 heteroatoms. The zero-order chi connectivity index (χ0) is 21.0. The Bertz CT molecular complexity index is 1010. The lowest BCUT2D eigenvalue weighted by Crippen LogP contribution is -2.40. The molecule has 150 valence electrons. The number of amides is 1. The van der Waals surface area contributed by atoms with Gasteiger partial charge in [-0.3, -0.25) is 4.79 Å². The molecule has 0 heterocycles. The van der Waals surface area contributed by atoms with Gasteiger partial charge in [-0.15, -0.1) is 0 Å². The van der Waals surface area contributed by atoms with Crippen LogP contribution in [0.1, 0.15) is 28.3 Å². The lowest BCUT2D eigenvalue weighted by atomic mass is 10.0. The molecule has 0 saturated carbocycles. The monoisotopic (exact) mass is 426 g/mol. The Labute approximate surface area is 182 Å². The molecule has 1 atom stereocenters. The maximum absolute atomic E-state index is 13.3. The number of rotatable bonds is 6. The van der Waals surface area contributed by atoms with Crippen LogP contribution in [-0.4, -0.2) is 12.5 Å². The second-order valence-corrected chi connectivity index (χ2v) is 7.98. The Morgan fingerprint density at radius 3 is 2.34 bits per heavy atom. The third kappa shape index (κ3) is 5.18. The summed E-state index contributed by atoms with van der Waals surface area (Å²) in [5.74, 6) is -0.149. The van der Waals surface area contributed by atoms with Crippen molar-refractivity contribution in [1.82, 2.24) is 0 Å². The summed E-state index contributed by atoms with van der Waals surface area (Å²) >= 11 is 12.3. The average molecular weight is 427 g/mol. The lowest BCUT2D eigenvalue weighted by molar-refractivity contribution is -0.120. The molecule has 0 aromatic heterocycles. The molecule has 3 nitrogen and oxygen atoms in total. The van der Waals surface area contributed by atoms with Gasteiger partial charge in [-0.2, -0.15) is 0 Å². The van der Waals surface area contributed by atoms with Gasteiger partial charge in [-0.25, -0.2) is 0 Å². The molecule has 0 saturated heterocycles. The molecule has 0 fully saturated rings. The van der Waals surface area contributed by atoms with Gasteiger partial charge in [0, 0.05) is 22.3 Å². The van der Waals surface area contributed by atoms with Crippen molar-refractivity contribution < 1.29 is 4.79 Å². The van der Waals surface area contributed by atoms with Crippen molar-refractivity contribution in [2.24, 2.45) is 5.73 Å². The van der Waals surface area contributed by atoms with Crippen LogP contribution >= 0.6 is 23.2 Å². The minimum atomic E-state index is -0.738. The summed E-state index contributed by atoms with van der Waals surface area (Å²) in [6, 6.07) is 20.1. The molecular weight excluding hydrogens is 403 g/mol. The zero-order valence-corrected chi connectivity index (χ0v) is 18.0. The fourth-order valence-corrected chi connectivity index (χ4v) is 3.69. The van der Waals surface area contributed by atoms with Crippen LogP contribution in [0, 0.1) is 13.8 Å². The molecule has 3 aromatic carbocycles. The molecule has 0 radical (unpaired) electrons. The zero-order valence-electron chi connectivity index (χ0n) is 16.5. The van der Waals surface area contributed by atoms with Crippen molar-refractivity contribution in [1.29, 1.82) is 0 Å². The molecule has 3 aromatic rings. The Kier molecular flexibility index (Phi) is 6.96. The molecule has 0 aliphatic heterocycles. The first-order chi connectivity index (χ1) is 13.9. The third-order valence-electron chi connectivity index (χ3n) is 5.11. The van der Waals surface area contributed by atoms with Gasteiger partial charge >= 0.3 is 0 Å². The number of hydrogen-bond donors (Lipinski definition) is 1. The maximum atomic E-state index is 13.3. The summed E-state index contributed by atoms with van der Waals surface area (Å²) in [5, 5.41) is 1.18. The molecule has 0 unspecified atom stereocenters. The minimum Gasteiger partial charge on any atom is -0.316 e. The summed E-state index contributed by atoms with van der Waals surface area (Å²) in [5.41, 5.74) is 11.2. The number of nitrogens with zero attached hydrogens (tertiary/aromatic N) is 1. The van der Waals surface area contributed by atoms with Gasteiger partial charge in [0.05, 0.1) is 0 Å². The third-order valence-corrected chi connectivity index (χ3v) is 5.70. The van der Waals surface area contributed by atoms with E-state index in [4.69, 9.17) is 28.9 Å². The van der Waals surface area contributed by atoms with Crippen molar-refractivity contribution in [3.63, 3.8) is 0 Å². The summed E-state index contributed by atoms with van der Waals surface area (Å²) < 4.78 is 0. The number of hydrogen-bond acceptors (Lipinski definition) is 2. The number of halogens is 2. The molecule has 2 N–H and O–H groups in total. The van der Waals surface area contributed by atoms with Crippen molar-refractivity contribution in [3.05, 3.63) is 99.0 Å². The van der Waals surface area contributed by atoms with Crippen LogP contribution in [0.25, 0.3) is 0 Å². The van der Waals surface area contributed by atoms with E-state index in [0.717, 1.165) is 22.4 Å². The Morgan fingerprint density at radius 1 is 0.966 bits per heavy atom. The maximum Gasteiger partial charge on any atom is 0.248 e. The Morgan fingerprint density at radius 2 is 1.69 bits per heavy atom. The number of benzene rings is 3. The number of nitrogens with two attached hydrogens (primary N) is 1. The van der Waals surface area contributed by atoms with Crippen LogP contribution in [0.2, 0.25) is 10.0 Å². The van der Waals surface area contributed by atoms with Crippen molar-refractivity contribution in [2.75, 3.05) is 11.4 Å². The van der Waals surface area contributed by atoms with Crippen molar-refractivity contribution >= 4 is 34.8 Å². The first kappa shape index (κ1) is 21.4. The van der Waals surface area contributed by atoms with Gasteiger partial charge in [0.1, 0.15) is 6.04 Å². The highest BCUT2D eigenvalue weighted by Crippen LogP contribution is 2.25. The van der Waals surface area contributed by atoms with Crippen molar-refractivity contribution in [2.45, 2.75) is 26.3 Å². The number of aryl methyl sites for hydroxylation is 2. The largest absolute Gasteiger partial charge is 0.316 e. The second-order valence-electron chi connectivity index (χ2n) is 7.13. The van der Waals surface area contributed by atoms with Crippen LogP contribution in [0.5, 0.6) is 0 Å². The number of carbonyl (C=O) groups is 1. The van der Waals surface area contributed by atoms with E-state index in [1.165, 1.54) is 5.56 Å². The first-order valence-electron chi connectivity index (χ1n) is 9.50. The van der Waals surface area contributed by atoms with Gasteiger partial charge in [0.25, 0.3) is 0 Å². The van der Waals surface area contributed by atoms with Crippen LogP contribution in [0.4, 0.5) is 5.69 Å². The highest BCUT2D eigenvalue weighted by atomic mass is 35.5. The molecule has 1 amide bonds. The van der Waals surface area contributed by atoms with Crippen LogP contribution < -0.4 is 10.6 Å². The van der Waals surface area contributed by atoms with Crippen molar-refractivity contribution in [3.8, 4) is 0 Å². The summed E-state index contributed by atoms with van der Waals surface area (Å²) in [6.07, 6.45) is 0.593. The summed E-state index contributed by atoms with van der Waals surface area (Å²) in [6.45, 7) is 4.55. The molecular formula is C24H24Cl2N2O.